The molecule has 34 heavy (non-hydrogen) atoms. The van der Waals surface area contributed by atoms with Gasteiger partial charge in [-0.2, -0.15) is 0 Å². The minimum absolute atomic E-state index is 0.0211. The summed E-state index contributed by atoms with van der Waals surface area (Å²) in [7, 11) is 1.69. The first-order valence-corrected chi connectivity index (χ1v) is 11.7. The molecule has 1 heterocycles. The van der Waals surface area contributed by atoms with Crippen LogP contribution in [0, 0.1) is 0 Å². The van der Waals surface area contributed by atoms with Crippen LogP contribution in [0.15, 0.2) is 97.1 Å². The number of benzene rings is 4. The van der Waals surface area contributed by atoms with Gasteiger partial charge in [0.25, 0.3) is 0 Å². The molecule has 0 bridgehead atoms. The first-order valence-electron chi connectivity index (χ1n) is 11.7. The predicted octanol–water partition coefficient (Wildman–Crippen LogP) is 6.09. The molecule has 4 aromatic rings. The minimum atomic E-state index is 0.0211. The topological polar surface area (TPSA) is 39.7 Å². The van der Waals surface area contributed by atoms with Crippen molar-refractivity contribution in [1.82, 2.24) is 5.32 Å². The van der Waals surface area contributed by atoms with Gasteiger partial charge in [0.15, 0.2) is 11.5 Å². The Morgan fingerprint density at radius 1 is 0.735 bits per heavy atom. The van der Waals surface area contributed by atoms with Crippen LogP contribution in [-0.4, -0.2) is 13.7 Å². The zero-order valence-electron chi connectivity index (χ0n) is 19.4. The molecule has 0 fully saturated rings. The number of ether oxygens (including phenoxy) is 3. The summed E-state index contributed by atoms with van der Waals surface area (Å²) in [4.78, 5) is 0. The quantitative estimate of drug-likeness (QED) is 0.352. The fraction of sp³-hybridized carbons (Fsp3) is 0.200. The van der Waals surface area contributed by atoms with Crippen molar-refractivity contribution < 1.29 is 14.2 Å². The third kappa shape index (κ3) is 4.92. The van der Waals surface area contributed by atoms with Crippen molar-refractivity contribution in [3.05, 3.63) is 125 Å². The van der Waals surface area contributed by atoms with Crippen molar-refractivity contribution in [3.8, 4) is 17.2 Å². The standard InChI is InChI=1S/C30H29NO3/c1-32-28-14-8-13-27(30(28)34-21-23-11-6-3-7-12-23)29-26-16-15-25(19-24(26)17-18-31-29)33-20-22-9-4-2-5-10-22/h2-16,19,29,31H,17-18,20-21H2,1H3. The van der Waals surface area contributed by atoms with E-state index in [2.05, 4.69) is 53.8 Å². The van der Waals surface area contributed by atoms with Crippen LogP contribution >= 0.6 is 0 Å². The second-order valence-electron chi connectivity index (χ2n) is 8.42. The van der Waals surface area contributed by atoms with E-state index in [4.69, 9.17) is 14.2 Å². The van der Waals surface area contributed by atoms with Crippen molar-refractivity contribution >= 4 is 0 Å². The molecule has 0 radical (unpaired) electrons. The Kier molecular flexibility index (Phi) is 6.78. The average molecular weight is 452 g/mol. The lowest BCUT2D eigenvalue weighted by Crippen LogP contribution is -2.31. The van der Waals surface area contributed by atoms with Crippen LogP contribution in [0.1, 0.15) is 33.9 Å². The van der Waals surface area contributed by atoms with Crippen LogP contribution in [0.5, 0.6) is 17.2 Å². The largest absolute Gasteiger partial charge is 0.493 e. The van der Waals surface area contributed by atoms with Crippen molar-refractivity contribution in [1.29, 1.82) is 0 Å². The first-order chi connectivity index (χ1) is 16.8. The molecular formula is C30H29NO3. The van der Waals surface area contributed by atoms with Gasteiger partial charge in [0, 0.05) is 12.1 Å². The summed E-state index contributed by atoms with van der Waals surface area (Å²) in [5, 5.41) is 3.68. The summed E-state index contributed by atoms with van der Waals surface area (Å²) in [6.07, 6.45) is 0.957. The summed E-state index contributed by atoms with van der Waals surface area (Å²) in [6, 6.07) is 33.0. The van der Waals surface area contributed by atoms with Gasteiger partial charge in [0.2, 0.25) is 0 Å². The van der Waals surface area contributed by atoms with E-state index in [-0.39, 0.29) is 6.04 Å². The van der Waals surface area contributed by atoms with Crippen LogP contribution in [-0.2, 0) is 19.6 Å². The number of para-hydroxylation sites is 1. The molecule has 0 saturated carbocycles. The minimum Gasteiger partial charge on any atom is -0.493 e. The molecule has 0 amide bonds. The molecule has 0 aromatic heterocycles. The number of hydrogen-bond donors (Lipinski definition) is 1. The number of hydrogen-bond acceptors (Lipinski definition) is 4. The van der Waals surface area contributed by atoms with Gasteiger partial charge in [-0.3, -0.25) is 0 Å². The Hall–Kier alpha value is -3.76. The molecule has 1 aliphatic heterocycles. The maximum Gasteiger partial charge on any atom is 0.166 e. The summed E-state index contributed by atoms with van der Waals surface area (Å²) in [5.74, 6) is 2.42. The highest BCUT2D eigenvalue weighted by molar-refractivity contribution is 5.53. The molecule has 1 N–H and O–H groups in total. The molecule has 172 valence electrons. The van der Waals surface area contributed by atoms with Crippen LogP contribution < -0.4 is 19.5 Å². The molecule has 1 aliphatic rings. The third-order valence-electron chi connectivity index (χ3n) is 6.18. The number of rotatable bonds is 8. The van der Waals surface area contributed by atoms with E-state index in [0.717, 1.165) is 46.9 Å². The molecule has 4 heteroatoms. The van der Waals surface area contributed by atoms with Gasteiger partial charge in [0.1, 0.15) is 19.0 Å². The van der Waals surface area contributed by atoms with Gasteiger partial charge in [-0.25, -0.2) is 0 Å². The van der Waals surface area contributed by atoms with E-state index in [1.807, 2.05) is 48.5 Å². The zero-order chi connectivity index (χ0) is 23.2. The van der Waals surface area contributed by atoms with Gasteiger partial charge >= 0.3 is 0 Å². The van der Waals surface area contributed by atoms with Gasteiger partial charge in [-0.1, -0.05) is 78.9 Å². The maximum atomic E-state index is 6.34. The lowest BCUT2D eigenvalue weighted by Gasteiger charge is -2.29. The maximum absolute atomic E-state index is 6.34. The summed E-state index contributed by atoms with van der Waals surface area (Å²) in [6.45, 7) is 1.93. The highest BCUT2D eigenvalue weighted by Crippen LogP contribution is 2.40. The predicted molar refractivity (Wildman–Crippen MR) is 135 cm³/mol. The number of nitrogens with one attached hydrogen (secondary N) is 1. The van der Waals surface area contributed by atoms with Crippen molar-refractivity contribution in [2.75, 3.05) is 13.7 Å². The second kappa shape index (κ2) is 10.4. The monoisotopic (exact) mass is 451 g/mol. The fourth-order valence-corrected chi connectivity index (χ4v) is 4.45. The van der Waals surface area contributed by atoms with Gasteiger partial charge in [-0.15, -0.1) is 0 Å². The van der Waals surface area contributed by atoms with Crippen molar-refractivity contribution in [2.24, 2.45) is 0 Å². The van der Waals surface area contributed by atoms with Crippen LogP contribution in [0.3, 0.4) is 0 Å². The fourth-order valence-electron chi connectivity index (χ4n) is 4.45. The Morgan fingerprint density at radius 2 is 1.44 bits per heavy atom. The molecule has 0 aliphatic carbocycles. The van der Waals surface area contributed by atoms with Crippen LogP contribution in [0.4, 0.5) is 0 Å². The molecule has 1 atom stereocenters. The SMILES string of the molecule is COc1cccc(C2NCCc3cc(OCc4ccccc4)ccc32)c1OCc1ccccc1. The van der Waals surface area contributed by atoms with Gasteiger partial charge in [-0.05, 0) is 46.9 Å². The second-order valence-corrected chi connectivity index (χ2v) is 8.42. The summed E-state index contributed by atoms with van der Waals surface area (Å²) >= 11 is 0. The highest BCUT2D eigenvalue weighted by atomic mass is 16.5. The summed E-state index contributed by atoms with van der Waals surface area (Å²) in [5.41, 5.74) is 5.91. The smallest absolute Gasteiger partial charge is 0.166 e. The molecule has 0 spiro atoms. The van der Waals surface area contributed by atoms with E-state index in [1.54, 1.807) is 7.11 Å². The molecule has 4 nitrogen and oxygen atoms in total. The lowest BCUT2D eigenvalue weighted by atomic mass is 9.89. The van der Waals surface area contributed by atoms with E-state index < -0.39 is 0 Å². The molecular weight excluding hydrogens is 422 g/mol. The molecule has 0 saturated heterocycles. The van der Waals surface area contributed by atoms with Crippen LogP contribution in [0.2, 0.25) is 0 Å². The Morgan fingerprint density at radius 3 is 2.15 bits per heavy atom. The highest BCUT2D eigenvalue weighted by Gasteiger charge is 2.26. The number of fused-ring (bicyclic) bond motifs is 1. The lowest BCUT2D eigenvalue weighted by molar-refractivity contribution is 0.279. The van der Waals surface area contributed by atoms with Crippen LogP contribution in [0.25, 0.3) is 0 Å². The van der Waals surface area contributed by atoms with Gasteiger partial charge in [0.05, 0.1) is 13.2 Å². The zero-order valence-corrected chi connectivity index (χ0v) is 19.4. The first kappa shape index (κ1) is 22.1. The number of methoxy groups -OCH3 is 1. The average Bonchev–Trinajstić information content (AvgIpc) is 2.91. The van der Waals surface area contributed by atoms with Crippen molar-refractivity contribution in [2.45, 2.75) is 25.7 Å². The van der Waals surface area contributed by atoms with E-state index >= 15 is 0 Å². The normalized spacial score (nSPS) is 14.8. The van der Waals surface area contributed by atoms with Crippen molar-refractivity contribution in [3.63, 3.8) is 0 Å². The molecule has 1 unspecified atom stereocenters. The van der Waals surface area contributed by atoms with E-state index in [9.17, 15) is 0 Å². The Bertz CT molecular complexity index is 1220. The Labute approximate surface area is 201 Å². The van der Waals surface area contributed by atoms with E-state index in [0.29, 0.717) is 13.2 Å². The van der Waals surface area contributed by atoms with E-state index in [1.165, 1.54) is 11.1 Å². The molecule has 4 aromatic carbocycles. The third-order valence-corrected chi connectivity index (χ3v) is 6.18. The van der Waals surface area contributed by atoms with Gasteiger partial charge < -0.3 is 19.5 Å². The Balaban J connectivity index is 1.40. The molecule has 5 rings (SSSR count). The summed E-state index contributed by atoms with van der Waals surface area (Å²) < 4.78 is 18.1.